The first-order valence-electron chi connectivity index (χ1n) is 7.54. The third-order valence-corrected chi connectivity index (χ3v) is 4.74. The summed E-state index contributed by atoms with van der Waals surface area (Å²) in [6.07, 6.45) is 3.65. The monoisotopic (exact) mass is 294 g/mol. The number of benzene rings is 1. The second-order valence-electron chi connectivity index (χ2n) is 7.15. The minimum Gasteiger partial charge on any atom is -0.327 e. The van der Waals surface area contributed by atoms with Crippen molar-refractivity contribution in [3.63, 3.8) is 0 Å². The Morgan fingerprint density at radius 1 is 1.30 bits per heavy atom. The Labute approximate surface area is 128 Å². The molecule has 112 valence electrons. The molecule has 0 heterocycles. The van der Waals surface area contributed by atoms with E-state index in [2.05, 4.69) is 37.9 Å². The van der Waals surface area contributed by atoms with Gasteiger partial charge in [0.1, 0.15) is 0 Å². The van der Waals surface area contributed by atoms with Crippen molar-refractivity contribution < 1.29 is 0 Å². The summed E-state index contributed by atoms with van der Waals surface area (Å²) in [7, 11) is 2.18. The highest BCUT2D eigenvalue weighted by atomic mass is 35.5. The van der Waals surface area contributed by atoms with E-state index in [-0.39, 0.29) is 0 Å². The van der Waals surface area contributed by atoms with Gasteiger partial charge in [-0.05, 0) is 55.3 Å². The first-order chi connectivity index (χ1) is 9.35. The molecule has 0 aromatic heterocycles. The van der Waals surface area contributed by atoms with E-state index in [1.165, 1.54) is 18.4 Å². The smallest absolute Gasteiger partial charge is 0.0406 e. The van der Waals surface area contributed by atoms with Gasteiger partial charge in [-0.2, -0.15) is 0 Å². The highest BCUT2D eigenvalue weighted by molar-refractivity contribution is 6.30. The Bertz CT molecular complexity index is 427. The van der Waals surface area contributed by atoms with E-state index in [1.807, 2.05) is 12.1 Å². The van der Waals surface area contributed by atoms with Crippen molar-refractivity contribution in [2.45, 2.75) is 45.7 Å². The van der Waals surface area contributed by atoms with Crippen LogP contribution in [0.3, 0.4) is 0 Å². The fourth-order valence-corrected chi connectivity index (χ4v) is 3.45. The van der Waals surface area contributed by atoms with Gasteiger partial charge in [0.15, 0.2) is 0 Å². The van der Waals surface area contributed by atoms with Gasteiger partial charge in [-0.3, -0.25) is 0 Å². The van der Waals surface area contributed by atoms with Crippen LogP contribution in [0.5, 0.6) is 0 Å². The molecule has 2 N–H and O–H groups in total. The van der Waals surface area contributed by atoms with Crippen molar-refractivity contribution in [2.75, 3.05) is 13.6 Å². The lowest BCUT2D eigenvalue weighted by Crippen LogP contribution is -2.44. The van der Waals surface area contributed by atoms with Crippen LogP contribution >= 0.6 is 11.6 Å². The van der Waals surface area contributed by atoms with Crippen LogP contribution in [0.2, 0.25) is 5.02 Å². The fraction of sp³-hybridized carbons (Fsp3) is 0.647. The average molecular weight is 295 g/mol. The zero-order valence-corrected chi connectivity index (χ0v) is 13.7. The number of nitrogens with zero attached hydrogens (tertiary/aromatic N) is 1. The summed E-state index contributed by atoms with van der Waals surface area (Å²) in [6.45, 7) is 6.77. The molecule has 0 saturated heterocycles. The maximum atomic E-state index is 6.32. The molecule has 3 heteroatoms. The van der Waals surface area contributed by atoms with Crippen LogP contribution in [0.4, 0.5) is 0 Å². The lowest BCUT2D eigenvalue weighted by Gasteiger charge is -2.40. The Hall–Kier alpha value is -0.570. The zero-order valence-electron chi connectivity index (χ0n) is 12.9. The standard InChI is InChI=1S/C17H27ClN2/c1-17(2)9-8-16(19)14(10-17)12-20(3)11-13-4-6-15(18)7-5-13/h4-7,14,16H,8-12,19H2,1-3H3. The van der Waals surface area contributed by atoms with Crippen LogP contribution < -0.4 is 5.73 Å². The molecule has 2 atom stereocenters. The van der Waals surface area contributed by atoms with Crippen molar-refractivity contribution in [1.82, 2.24) is 4.90 Å². The number of hydrogen-bond acceptors (Lipinski definition) is 2. The summed E-state index contributed by atoms with van der Waals surface area (Å²) in [5.74, 6) is 0.607. The van der Waals surface area contributed by atoms with Crippen molar-refractivity contribution in [3.05, 3.63) is 34.9 Å². The minimum absolute atomic E-state index is 0.357. The second kappa shape index (κ2) is 6.46. The molecule has 0 bridgehead atoms. The predicted octanol–water partition coefficient (Wildman–Crippen LogP) is 3.93. The maximum Gasteiger partial charge on any atom is 0.0406 e. The largest absolute Gasteiger partial charge is 0.327 e. The molecule has 1 aliphatic carbocycles. The molecule has 1 fully saturated rings. The molecule has 20 heavy (non-hydrogen) atoms. The van der Waals surface area contributed by atoms with E-state index in [0.29, 0.717) is 17.4 Å². The van der Waals surface area contributed by atoms with Crippen molar-refractivity contribution in [1.29, 1.82) is 0 Å². The Kier molecular flexibility index (Phi) is 5.11. The third kappa shape index (κ3) is 4.47. The lowest BCUT2D eigenvalue weighted by atomic mass is 9.70. The van der Waals surface area contributed by atoms with E-state index < -0.39 is 0 Å². The van der Waals surface area contributed by atoms with Crippen LogP contribution in [-0.4, -0.2) is 24.5 Å². The number of hydrogen-bond donors (Lipinski definition) is 1. The normalized spacial score (nSPS) is 25.9. The molecule has 2 rings (SSSR count). The predicted molar refractivity (Wildman–Crippen MR) is 86.9 cm³/mol. The minimum atomic E-state index is 0.357. The van der Waals surface area contributed by atoms with Crippen LogP contribution in [-0.2, 0) is 6.54 Å². The van der Waals surface area contributed by atoms with E-state index in [4.69, 9.17) is 17.3 Å². The molecular formula is C17H27ClN2. The zero-order chi connectivity index (χ0) is 14.8. The summed E-state index contributed by atoms with van der Waals surface area (Å²) < 4.78 is 0. The molecule has 0 amide bonds. The first kappa shape index (κ1) is 15.8. The molecular weight excluding hydrogens is 268 g/mol. The van der Waals surface area contributed by atoms with Crippen LogP contribution in [0, 0.1) is 11.3 Å². The molecule has 1 aliphatic rings. The quantitative estimate of drug-likeness (QED) is 0.912. The second-order valence-corrected chi connectivity index (χ2v) is 7.59. The van der Waals surface area contributed by atoms with Crippen LogP contribution in [0.25, 0.3) is 0 Å². The van der Waals surface area contributed by atoms with Crippen molar-refractivity contribution in [2.24, 2.45) is 17.1 Å². The summed E-state index contributed by atoms with van der Waals surface area (Å²) in [5, 5.41) is 0.799. The highest BCUT2D eigenvalue weighted by Gasteiger charge is 2.33. The number of rotatable bonds is 4. The maximum absolute atomic E-state index is 6.32. The summed E-state index contributed by atoms with van der Waals surface area (Å²) in [4.78, 5) is 2.38. The van der Waals surface area contributed by atoms with Gasteiger partial charge in [0.05, 0.1) is 0 Å². The van der Waals surface area contributed by atoms with Gasteiger partial charge in [0.2, 0.25) is 0 Å². The van der Waals surface area contributed by atoms with E-state index in [0.717, 1.165) is 24.5 Å². The molecule has 2 unspecified atom stereocenters. The van der Waals surface area contributed by atoms with Crippen LogP contribution in [0.1, 0.15) is 38.7 Å². The number of nitrogens with two attached hydrogens (primary N) is 1. The fourth-order valence-electron chi connectivity index (χ4n) is 3.32. The lowest BCUT2D eigenvalue weighted by molar-refractivity contribution is 0.122. The highest BCUT2D eigenvalue weighted by Crippen LogP contribution is 2.38. The Balaban J connectivity index is 1.90. The van der Waals surface area contributed by atoms with Gasteiger partial charge in [-0.25, -0.2) is 0 Å². The van der Waals surface area contributed by atoms with Gasteiger partial charge in [0, 0.05) is 24.2 Å². The average Bonchev–Trinajstić information content (AvgIpc) is 2.36. The van der Waals surface area contributed by atoms with E-state index in [1.54, 1.807) is 0 Å². The van der Waals surface area contributed by atoms with Gasteiger partial charge in [-0.15, -0.1) is 0 Å². The Morgan fingerprint density at radius 3 is 2.60 bits per heavy atom. The van der Waals surface area contributed by atoms with Gasteiger partial charge in [0.25, 0.3) is 0 Å². The SMILES string of the molecule is CN(Cc1ccc(Cl)cc1)CC1CC(C)(C)CCC1N. The van der Waals surface area contributed by atoms with Gasteiger partial charge in [-0.1, -0.05) is 37.6 Å². The van der Waals surface area contributed by atoms with Gasteiger partial charge >= 0.3 is 0 Å². The summed E-state index contributed by atoms with van der Waals surface area (Å²) in [5.41, 5.74) is 8.07. The molecule has 0 radical (unpaired) electrons. The van der Waals surface area contributed by atoms with Gasteiger partial charge < -0.3 is 10.6 Å². The van der Waals surface area contributed by atoms with Crippen LogP contribution in [0.15, 0.2) is 24.3 Å². The molecule has 1 aromatic rings. The van der Waals surface area contributed by atoms with Crippen molar-refractivity contribution >= 4 is 11.6 Å². The molecule has 1 aromatic carbocycles. The first-order valence-corrected chi connectivity index (χ1v) is 7.92. The third-order valence-electron chi connectivity index (χ3n) is 4.49. The molecule has 0 aliphatic heterocycles. The molecule has 0 spiro atoms. The van der Waals surface area contributed by atoms with Crippen molar-refractivity contribution in [3.8, 4) is 0 Å². The summed E-state index contributed by atoms with van der Waals surface area (Å²) >= 11 is 5.92. The van der Waals surface area contributed by atoms with E-state index >= 15 is 0 Å². The number of halogens is 1. The van der Waals surface area contributed by atoms with E-state index in [9.17, 15) is 0 Å². The molecule has 1 saturated carbocycles. The molecule has 2 nitrogen and oxygen atoms in total. The topological polar surface area (TPSA) is 29.3 Å². The Morgan fingerprint density at radius 2 is 1.95 bits per heavy atom. The summed E-state index contributed by atoms with van der Waals surface area (Å²) in [6, 6.07) is 8.48.